The average Bonchev–Trinajstić information content (AvgIpc) is 3.22. The zero-order valence-electron chi connectivity index (χ0n) is 18.1. The lowest BCUT2D eigenvalue weighted by Gasteiger charge is -2.22. The molecule has 1 atom stereocenters. The number of piperidine rings is 1. The van der Waals surface area contributed by atoms with Crippen molar-refractivity contribution in [1.29, 1.82) is 0 Å². The van der Waals surface area contributed by atoms with E-state index in [1.807, 2.05) is 28.8 Å². The third kappa shape index (κ3) is 3.89. The SMILES string of the molecule is CCc1nc2ccc(C3CCNCC3)nn2c1C(N)c1cccc(-c2ccc(F)cc2)n1. The first-order valence-corrected chi connectivity index (χ1v) is 11.2. The molecule has 0 bridgehead atoms. The molecule has 0 spiro atoms. The van der Waals surface area contributed by atoms with Crippen LogP contribution in [0.1, 0.15) is 54.5 Å². The lowest BCUT2D eigenvalue weighted by molar-refractivity contribution is 0.448. The highest BCUT2D eigenvalue weighted by molar-refractivity contribution is 5.59. The number of aryl methyl sites for hydroxylation is 1. The Hall–Kier alpha value is -3.16. The van der Waals surface area contributed by atoms with E-state index in [1.165, 1.54) is 12.1 Å². The lowest BCUT2D eigenvalue weighted by Crippen LogP contribution is -2.27. The molecule has 4 aromatic rings. The molecule has 0 aliphatic carbocycles. The van der Waals surface area contributed by atoms with Crippen LogP contribution in [0.4, 0.5) is 4.39 Å². The summed E-state index contributed by atoms with van der Waals surface area (Å²) in [5.74, 6) is 0.174. The first-order chi connectivity index (χ1) is 15.6. The fourth-order valence-electron chi connectivity index (χ4n) is 4.46. The largest absolute Gasteiger partial charge is 0.318 e. The van der Waals surface area contributed by atoms with Crippen molar-refractivity contribution in [2.24, 2.45) is 5.73 Å². The highest BCUT2D eigenvalue weighted by Gasteiger charge is 2.23. The number of nitrogens with zero attached hydrogens (tertiary/aromatic N) is 4. The molecule has 0 saturated carbocycles. The van der Waals surface area contributed by atoms with E-state index in [0.717, 1.165) is 72.0 Å². The normalized spacial score (nSPS) is 15.8. The van der Waals surface area contributed by atoms with Gasteiger partial charge in [-0.3, -0.25) is 4.98 Å². The Balaban J connectivity index is 1.55. The second kappa shape index (κ2) is 8.76. The summed E-state index contributed by atoms with van der Waals surface area (Å²) in [6.45, 7) is 4.11. The predicted octanol–water partition coefficient (Wildman–Crippen LogP) is 4.01. The van der Waals surface area contributed by atoms with E-state index in [2.05, 4.69) is 18.3 Å². The van der Waals surface area contributed by atoms with Gasteiger partial charge in [0.25, 0.3) is 0 Å². The highest BCUT2D eigenvalue weighted by atomic mass is 19.1. The average molecular weight is 431 g/mol. The van der Waals surface area contributed by atoms with E-state index in [9.17, 15) is 4.39 Å². The molecule has 3 N–H and O–H groups in total. The maximum Gasteiger partial charge on any atom is 0.154 e. The third-order valence-electron chi connectivity index (χ3n) is 6.23. The topological polar surface area (TPSA) is 81.1 Å². The van der Waals surface area contributed by atoms with Crippen LogP contribution in [-0.4, -0.2) is 32.7 Å². The maximum absolute atomic E-state index is 13.3. The van der Waals surface area contributed by atoms with Crippen LogP contribution < -0.4 is 11.1 Å². The molecule has 1 aliphatic heterocycles. The van der Waals surface area contributed by atoms with Crippen LogP contribution in [0.5, 0.6) is 0 Å². The second-order valence-corrected chi connectivity index (χ2v) is 8.28. The lowest BCUT2D eigenvalue weighted by atomic mass is 9.94. The number of hydrogen-bond acceptors (Lipinski definition) is 5. The highest BCUT2D eigenvalue weighted by Crippen LogP contribution is 2.28. The van der Waals surface area contributed by atoms with Gasteiger partial charge >= 0.3 is 0 Å². The maximum atomic E-state index is 13.3. The Labute approximate surface area is 186 Å². The third-order valence-corrected chi connectivity index (χ3v) is 6.23. The molecular formula is C25H27FN6. The minimum atomic E-state index is -0.476. The van der Waals surface area contributed by atoms with E-state index in [1.54, 1.807) is 12.1 Å². The number of nitrogens with one attached hydrogen (secondary N) is 1. The van der Waals surface area contributed by atoms with Crippen molar-refractivity contribution in [3.63, 3.8) is 0 Å². The minimum Gasteiger partial charge on any atom is -0.318 e. The summed E-state index contributed by atoms with van der Waals surface area (Å²) in [5.41, 5.74) is 12.8. The Kier molecular flexibility index (Phi) is 5.68. The van der Waals surface area contributed by atoms with Crippen molar-refractivity contribution in [3.05, 3.63) is 83.2 Å². The molecule has 3 aromatic heterocycles. The van der Waals surface area contributed by atoms with Gasteiger partial charge < -0.3 is 11.1 Å². The van der Waals surface area contributed by atoms with Crippen LogP contribution in [0.15, 0.2) is 54.6 Å². The quantitative estimate of drug-likeness (QED) is 0.500. The van der Waals surface area contributed by atoms with E-state index in [-0.39, 0.29) is 5.82 Å². The zero-order valence-corrected chi connectivity index (χ0v) is 18.1. The van der Waals surface area contributed by atoms with Gasteiger partial charge in [-0.25, -0.2) is 13.9 Å². The molecule has 4 heterocycles. The molecule has 1 aliphatic rings. The van der Waals surface area contributed by atoms with E-state index in [0.29, 0.717) is 5.92 Å². The molecule has 1 unspecified atom stereocenters. The molecular weight excluding hydrogens is 403 g/mol. The Bertz CT molecular complexity index is 1230. The van der Waals surface area contributed by atoms with Crippen molar-refractivity contribution in [1.82, 2.24) is 24.9 Å². The Morgan fingerprint density at radius 3 is 2.59 bits per heavy atom. The van der Waals surface area contributed by atoms with Crippen LogP contribution in [0.2, 0.25) is 0 Å². The summed E-state index contributed by atoms with van der Waals surface area (Å²) in [7, 11) is 0. The molecule has 1 fully saturated rings. The van der Waals surface area contributed by atoms with Crippen molar-refractivity contribution in [2.45, 2.75) is 38.1 Å². The number of hydrogen-bond donors (Lipinski definition) is 2. The van der Waals surface area contributed by atoms with Crippen molar-refractivity contribution >= 4 is 5.65 Å². The fraction of sp³-hybridized carbons (Fsp3) is 0.320. The van der Waals surface area contributed by atoms with Crippen molar-refractivity contribution in [2.75, 3.05) is 13.1 Å². The van der Waals surface area contributed by atoms with Gasteiger partial charge in [0.2, 0.25) is 0 Å². The molecule has 0 radical (unpaired) electrons. The Morgan fingerprint density at radius 1 is 1.06 bits per heavy atom. The van der Waals surface area contributed by atoms with Crippen LogP contribution in [0.25, 0.3) is 16.9 Å². The zero-order chi connectivity index (χ0) is 22.1. The van der Waals surface area contributed by atoms with Gasteiger partial charge in [0.05, 0.1) is 34.5 Å². The van der Waals surface area contributed by atoms with Crippen molar-refractivity contribution in [3.8, 4) is 11.3 Å². The van der Waals surface area contributed by atoms with Crippen LogP contribution in [-0.2, 0) is 6.42 Å². The van der Waals surface area contributed by atoms with Gasteiger partial charge in [0.1, 0.15) is 5.82 Å². The van der Waals surface area contributed by atoms with Gasteiger partial charge in [-0.1, -0.05) is 13.0 Å². The monoisotopic (exact) mass is 430 g/mol. The number of benzene rings is 1. The second-order valence-electron chi connectivity index (χ2n) is 8.28. The van der Waals surface area contributed by atoms with E-state index >= 15 is 0 Å². The molecule has 5 rings (SSSR count). The summed E-state index contributed by atoms with van der Waals surface area (Å²) >= 11 is 0. The van der Waals surface area contributed by atoms with E-state index < -0.39 is 6.04 Å². The van der Waals surface area contributed by atoms with Crippen LogP contribution in [0.3, 0.4) is 0 Å². The van der Waals surface area contributed by atoms with Gasteiger partial charge in [-0.2, -0.15) is 5.10 Å². The molecule has 1 saturated heterocycles. The number of pyridine rings is 1. The van der Waals surface area contributed by atoms with Crippen molar-refractivity contribution < 1.29 is 4.39 Å². The first-order valence-electron chi connectivity index (χ1n) is 11.2. The molecule has 1 aromatic carbocycles. The Morgan fingerprint density at radius 2 is 1.84 bits per heavy atom. The standard InChI is InChI=1S/C25H27FN6/c1-2-19-25(32-23(30-19)11-10-21(31-32)17-12-14-28-15-13-17)24(27)22-5-3-4-20(29-22)16-6-8-18(26)9-7-16/h3-11,17,24,28H,2,12-15,27H2,1H3. The number of fused-ring (bicyclic) bond motifs is 1. The van der Waals surface area contributed by atoms with Gasteiger partial charge in [-0.15, -0.1) is 0 Å². The summed E-state index contributed by atoms with van der Waals surface area (Å²) in [6, 6.07) is 15.8. The van der Waals surface area contributed by atoms with Crippen LogP contribution in [0, 0.1) is 5.82 Å². The summed E-state index contributed by atoms with van der Waals surface area (Å²) < 4.78 is 15.2. The summed E-state index contributed by atoms with van der Waals surface area (Å²) in [4.78, 5) is 9.59. The van der Waals surface area contributed by atoms with Gasteiger partial charge in [0.15, 0.2) is 5.65 Å². The van der Waals surface area contributed by atoms with Gasteiger partial charge in [0, 0.05) is 11.5 Å². The van der Waals surface area contributed by atoms with Gasteiger partial charge in [-0.05, 0) is 80.9 Å². The number of imidazole rings is 1. The molecule has 0 amide bonds. The molecule has 164 valence electrons. The molecule has 7 heteroatoms. The fourth-order valence-corrected chi connectivity index (χ4v) is 4.46. The predicted molar refractivity (Wildman–Crippen MR) is 123 cm³/mol. The summed E-state index contributed by atoms with van der Waals surface area (Å²) in [5, 5.41) is 8.39. The first kappa shape index (κ1) is 20.7. The number of halogens is 1. The van der Waals surface area contributed by atoms with Crippen LogP contribution >= 0.6 is 0 Å². The smallest absolute Gasteiger partial charge is 0.154 e. The molecule has 32 heavy (non-hydrogen) atoms. The summed E-state index contributed by atoms with van der Waals surface area (Å²) in [6.07, 6.45) is 2.92. The van der Waals surface area contributed by atoms with E-state index in [4.69, 9.17) is 20.8 Å². The molecule has 6 nitrogen and oxygen atoms in total. The number of aromatic nitrogens is 4. The number of nitrogens with two attached hydrogens (primary N) is 1. The minimum absolute atomic E-state index is 0.268. The number of rotatable bonds is 5.